The quantitative estimate of drug-likeness (QED) is 0.650. The Morgan fingerprint density at radius 1 is 1.04 bits per heavy atom. The summed E-state index contributed by atoms with van der Waals surface area (Å²) >= 11 is 11.4. The van der Waals surface area contributed by atoms with Crippen molar-refractivity contribution < 1.29 is 9.59 Å². The van der Waals surface area contributed by atoms with E-state index in [-0.39, 0.29) is 12.3 Å². The minimum Gasteiger partial charge on any atom is -0.281 e. The van der Waals surface area contributed by atoms with Gasteiger partial charge in [0.2, 0.25) is 5.24 Å². The predicted octanol–water partition coefficient (Wildman–Crippen LogP) is 4.60. The maximum absolute atomic E-state index is 12.9. The number of carbonyl (C=O) groups excluding carboxylic acids is 2. The molecule has 0 bridgehead atoms. The summed E-state index contributed by atoms with van der Waals surface area (Å²) in [6.45, 7) is 1.82. The second-order valence-corrected chi connectivity index (χ2v) is 6.12. The van der Waals surface area contributed by atoms with Crippen LogP contribution in [0.4, 0.5) is 0 Å². The van der Waals surface area contributed by atoms with Gasteiger partial charge in [0.15, 0.2) is 0 Å². The van der Waals surface area contributed by atoms with Gasteiger partial charge in [0.1, 0.15) is 0 Å². The van der Waals surface area contributed by atoms with E-state index in [0.717, 1.165) is 22.2 Å². The first-order valence-corrected chi connectivity index (χ1v) is 7.82. The van der Waals surface area contributed by atoms with Crippen molar-refractivity contribution in [1.29, 1.82) is 0 Å². The van der Waals surface area contributed by atoms with E-state index in [0.29, 0.717) is 10.6 Å². The summed E-state index contributed by atoms with van der Waals surface area (Å²) in [7, 11) is 0. The van der Waals surface area contributed by atoms with Gasteiger partial charge in [0, 0.05) is 28.1 Å². The van der Waals surface area contributed by atoms with E-state index in [1.165, 1.54) is 0 Å². The van der Waals surface area contributed by atoms with Crippen molar-refractivity contribution >= 4 is 45.3 Å². The van der Waals surface area contributed by atoms with Crippen LogP contribution in [0, 0.1) is 6.92 Å². The highest BCUT2D eigenvalue weighted by Gasteiger charge is 2.20. The van der Waals surface area contributed by atoms with E-state index in [4.69, 9.17) is 23.2 Å². The summed E-state index contributed by atoms with van der Waals surface area (Å²) in [6.07, 6.45) is 0.0921. The number of aromatic nitrogens is 1. The number of rotatable bonds is 3. The van der Waals surface area contributed by atoms with E-state index < -0.39 is 5.24 Å². The molecular weight excluding hydrogens is 333 g/mol. The number of hydrogen-bond donors (Lipinski definition) is 0. The molecule has 0 saturated carbocycles. The Balaban J connectivity index is 2.21. The first-order valence-electron chi connectivity index (χ1n) is 7.06. The molecule has 3 rings (SSSR count). The van der Waals surface area contributed by atoms with Crippen molar-refractivity contribution in [3.8, 4) is 0 Å². The summed E-state index contributed by atoms with van der Waals surface area (Å²) in [6, 6.07) is 14.2. The molecule has 0 N–H and O–H groups in total. The van der Waals surface area contributed by atoms with Crippen LogP contribution in [0.1, 0.15) is 21.6 Å². The molecule has 0 spiro atoms. The molecule has 0 unspecified atom stereocenters. The number of fused-ring (bicyclic) bond motifs is 1. The highest BCUT2D eigenvalue weighted by molar-refractivity contribution is 6.63. The van der Waals surface area contributed by atoms with Gasteiger partial charge >= 0.3 is 0 Å². The summed E-state index contributed by atoms with van der Waals surface area (Å²) < 4.78 is 1.62. The van der Waals surface area contributed by atoms with Gasteiger partial charge in [0.25, 0.3) is 5.91 Å². The number of hydrogen-bond acceptors (Lipinski definition) is 2. The van der Waals surface area contributed by atoms with Gasteiger partial charge < -0.3 is 0 Å². The molecule has 0 saturated heterocycles. The van der Waals surface area contributed by atoms with Crippen LogP contribution in [0.25, 0.3) is 10.9 Å². The first-order chi connectivity index (χ1) is 11.0. The van der Waals surface area contributed by atoms with Crippen molar-refractivity contribution in [1.82, 2.24) is 4.57 Å². The van der Waals surface area contributed by atoms with Gasteiger partial charge in [-0.2, -0.15) is 0 Å². The second kappa shape index (κ2) is 6.19. The molecule has 116 valence electrons. The Morgan fingerprint density at radius 3 is 2.35 bits per heavy atom. The second-order valence-electron chi connectivity index (χ2n) is 5.26. The third-order valence-electron chi connectivity index (χ3n) is 3.85. The number of para-hydroxylation sites is 1. The van der Waals surface area contributed by atoms with Crippen molar-refractivity contribution in [3.05, 3.63) is 70.4 Å². The lowest BCUT2D eigenvalue weighted by atomic mass is 10.1. The van der Waals surface area contributed by atoms with Crippen molar-refractivity contribution in [2.75, 3.05) is 0 Å². The van der Waals surface area contributed by atoms with Crippen LogP contribution in [-0.4, -0.2) is 15.7 Å². The number of carbonyl (C=O) groups is 2. The van der Waals surface area contributed by atoms with Crippen LogP contribution in [0.15, 0.2) is 48.5 Å². The molecule has 0 amide bonds. The van der Waals surface area contributed by atoms with Gasteiger partial charge in [-0.15, -0.1) is 0 Å². The lowest BCUT2D eigenvalue weighted by Gasteiger charge is -2.07. The number of halogens is 2. The molecule has 2 aromatic carbocycles. The molecule has 0 atom stereocenters. The lowest BCUT2D eigenvalue weighted by Crippen LogP contribution is -2.13. The van der Waals surface area contributed by atoms with Gasteiger partial charge in [0.05, 0.1) is 5.52 Å². The lowest BCUT2D eigenvalue weighted by molar-refractivity contribution is -0.111. The van der Waals surface area contributed by atoms with Gasteiger partial charge in [-0.25, -0.2) is 0 Å². The maximum atomic E-state index is 12.9. The molecule has 3 nitrogen and oxygen atoms in total. The van der Waals surface area contributed by atoms with Gasteiger partial charge in [-0.1, -0.05) is 29.8 Å². The molecule has 5 heteroatoms. The average molecular weight is 346 g/mol. The van der Waals surface area contributed by atoms with E-state index >= 15 is 0 Å². The van der Waals surface area contributed by atoms with Crippen molar-refractivity contribution in [3.63, 3.8) is 0 Å². The Kier molecular flexibility index (Phi) is 4.24. The van der Waals surface area contributed by atoms with E-state index in [2.05, 4.69) is 0 Å². The maximum Gasteiger partial charge on any atom is 0.262 e. The van der Waals surface area contributed by atoms with Crippen LogP contribution in [0.3, 0.4) is 0 Å². The Labute approximate surface area is 143 Å². The zero-order valence-corrected chi connectivity index (χ0v) is 13.9. The minimum absolute atomic E-state index is 0.0921. The third-order valence-corrected chi connectivity index (χ3v) is 4.24. The fourth-order valence-electron chi connectivity index (χ4n) is 2.78. The zero-order chi connectivity index (χ0) is 16.6. The SMILES string of the molecule is Cc1c(CC(=O)Cl)c2ccccc2n1C(=O)c1ccc(Cl)cc1. The highest BCUT2D eigenvalue weighted by Crippen LogP contribution is 2.28. The summed E-state index contributed by atoms with van der Waals surface area (Å²) in [5, 5.41) is 0.986. The number of nitrogens with zero attached hydrogens (tertiary/aromatic N) is 1. The van der Waals surface area contributed by atoms with Crippen LogP contribution in [0.5, 0.6) is 0 Å². The van der Waals surface area contributed by atoms with Gasteiger partial charge in [-0.3, -0.25) is 14.2 Å². The molecule has 0 radical (unpaired) electrons. The smallest absolute Gasteiger partial charge is 0.262 e. The largest absolute Gasteiger partial charge is 0.281 e. The Bertz CT molecular complexity index is 911. The third kappa shape index (κ3) is 2.90. The first kappa shape index (κ1) is 15.8. The fourth-order valence-corrected chi connectivity index (χ4v) is 3.04. The summed E-state index contributed by atoms with van der Waals surface area (Å²) in [5.74, 6) is -0.163. The van der Waals surface area contributed by atoms with Crippen molar-refractivity contribution in [2.24, 2.45) is 0 Å². The van der Waals surface area contributed by atoms with Crippen LogP contribution >= 0.6 is 23.2 Å². The number of benzene rings is 2. The highest BCUT2D eigenvalue weighted by atomic mass is 35.5. The van der Waals surface area contributed by atoms with Crippen LogP contribution < -0.4 is 0 Å². The summed E-state index contributed by atoms with van der Waals surface area (Å²) in [5.41, 5.74) is 2.79. The van der Waals surface area contributed by atoms with E-state index in [9.17, 15) is 9.59 Å². The normalized spacial score (nSPS) is 10.9. The molecule has 1 aromatic heterocycles. The Hall–Kier alpha value is -2.10. The Morgan fingerprint density at radius 2 is 1.70 bits per heavy atom. The minimum atomic E-state index is -0.449. The predicted molar refractivity (Wildman–Crippen MR) is 92.4 cm³/mol. The van der Waals surface area contributed by atoms with E-state index in [1.807, 2.05) is 31.2 Å². The zero-order valence-electron chi connectivity index (χ0n) is 12.3. The van der Waals surface area contributed by atoms with Crippen LogP contribution in [-0.2, 0) is 11.2 Å². The molecule has 1 heterocycles. The molecule has 0 aliphatic heterocycles. The molecule has 0 aliphatic rings. The average Bonchev–Trinajstić information content (AvgIpc) is 2.80. The molecular formula is C18H13Cl2NO2. The summed E-state index contributed by atoms with van der Waals surface area (Å²) in [4.78, 5) is 24.2. The van der Waals surface area contributed by atoms with Crippen LogP contribution in [0.2, 0.25) is 5.02 Å². The van der Waals surface area contributed by atoms with Gasteiger partial charge in [-0.05, 0) is 54.4 Å². The molecule has 3 aromatic rings. The molecule has 0 fully saturated rings. The van der Waals surface area contributed by atoms with Crippen molar-refractivity contribution in [2.45, 2.75) is 13.3 Å². The fraction of sp³-hybridized carbons (Fsp3) is 0.111. The molecule has 0 aliphatic carbocycles. The monoisotopic (exact) mass is 345 g/mol. The standard InChI is InChI=1S/C18H13Cl2NO2/c1-11-15(10-17(20)22)14-4-2-3-5-16(14)21(11)18(23)12-6-8-13(19)9-7-12/h2-9H,10H2,1H3. The van der Waals surface area contributed by atoms with E-state index in [1.54, 1.807) is 28.8 Å². The topological polar surface area (TPSA) is 39.1 Å². The molecule has 23 heavy (non-hydrogen) atoms.